The van der Waals surface area contributed by atoms with Crippen LogP contribution in [0.5, 0.6) is 0 Å². The first-order valence-corrected chi connectivity index (χ1v) is 8.76. The number of benzene rings is 2. The number of amides is 2. The van der Waals surface area contributed by atoms with Crippen LogP contribution in [0.4, 0.5) is 11.4 Å². The van der Waals surface area contributed by atoms with Crippen molar-refractivity contribution in [1.82, 2.24) is 0 Å². The van der Waals surface area contributed by atoms with Crippen LogP contribution >= 0.6 is 0 Å². The van der Waals surface area contributed by atoms with Crippen LogP contribution in [-0.2, 0) is 25.2 Å². The van der Waals surface area contributed by atoms with Crippen LogP contribution < -0.4 is 9.80 Å². The largest absolute Gasteiger partial charge is 0.314 e. The highest BCUT2D eigenvalue weighted by Gasteiger charge is 2.70. The number of fused-ring (bicyclic) bond motifs is 4. The molecule has 0 unspecified atom stereocenters. The molecule has 1 saturated carbocycles. The quantitative estimate of drug-likeness (QED) is 0.687. The molecule has 5 rings (SSSR count). The molecule has 2 heterocycles. The lowest BCUT2D eigenvalue weighted by atomic mass is 9.72. The molecule has 5 nitrogen and oxygen atoms in total. The Morgan fingerprint density at radius 3 is 1.50 bits per heavy atom. The Balaban J connectivity index is 1.77. The third-order valence-corrected chi connectivity index (χ3v) is 6.44. The standard InChI is InChI=1S/C21H18N2O3/c1-22-15-9-5-3-7-13(15)20(18(22)25)11-12-21(17(20)24)14-8-4-6-10-16(14)23(2)19(21)26/h3-10H,11-12H2,1-2H3/t20-,21-/m0/s1. The number of likely N-dealkylation sites (N-methyl/N-ethyl adjacent to an activating group) is 2. The summed E-state index contributed by atoms with van der Waals surface area (Å²) in [5.74, 6) is -0.714. The number of carbonyl (C=O) groups excluding carboxylic acids is 3. The fourth-order valence-corrected chi connectivity index (χ4v) is 5.16. The van der Waals surface area contributed by atoms with E-state index in [-0.39, 0.29) is 17.6 Å². The molecular weight excluding hydrogens is 328 g/mol. The van der Waals surface area contributed by atoms with Crippen molar-refractivity contribution in [2.45, 2.75) is 23.7 Å². The number of para-hydroxylation sites is 2. The van der Waals surface area contributed by atoms with Gasteiger partial charge in [0.05, 0.1) is 0 Å². The van der Waals surface area contributed by atoms with Crippen molar-refractivity contribution in [3.63, 3.8) is 0 Å². The van der Waals surface area contributed by atoms with Crippen molar-refractivity contribution in [1.29, 1.82) is 0 Å². The van der Waals surface area contributed by atoms with Gasteiger partial charge in [-0.25, -0.2) is 0 Å². The van der Waals surface area contributed by atoms with Gasteiger partial charge in [-0.05, 0) is 36.1 Å². The smallest absolute Gasteiger partial charge is 0.245 e. The zero-order chi connectivity index (χ0) is 18.3. The first kappa shape index (κ1) is 15.3. The van der Waals surface area contributed by atoms with E-state index >= 15 is 0 Å². The van der Waals surface area contributed by atoms with Crippen LogP contribution in [0.25, 0.3) is 0 Å². The van der Waals surface area contributed by atoms with Crippen molar-refractivity contribution in [3.05, 3.63) is 59.7 Å². The maximum atomic E-state index is 13.9. The number of ketones is 1. The number of nitrogens with zero attached hydrogens (tertiary/aromatic N) is 2. The average molecular weight is 346 g/mol. The van der Waals surface area contributed by atoms with Crippen LogP contribution in [0, 0.1) is 0 Å². The molecule has 1 aliphatic carbocycles. The Bertz CT molecular complexity index is 934. The molecule has 3 aliphatic rings. The summed E-state index contributed by atoms with van der Waals surface area (Å²) in [7, 11) is 3.40. The molecule has 2 aromatic rings. The third-order valence-electron chi connectivity index (χ3n) is 6.44. The Hall–Kier alpha value is -2.95. The van der Waals surface area contributed by atoms with Crippen LogP contribution in [0.15, 0.2) is 48.5 Å². The second-order valence-electron chi connectivity index (χ2n) is 7.40. The van der Waals surface area contributed by atoms with Gasteiger partial charge in [0.2, 0.25) is 11.8 Å². The summed E-state index contributed by atoms with van der Waals surface area (Å²) in [5, 5.41) is 0. The Morgan fingerprint density at radius 1 is 0.692 bits per heavy atom. The van der Waals surface area contributed by atoms with Crippen LogP contribution in [0.3, 0.4) is 0 Å². The molecule has 0 N–H and O–H groups in total. The molecular formula is C21H18N2O3. The summed E-state index contributed by atoms with van der Waals surface area (Å²) in [6.07, 6.45) is 0.722. The lowest BCUT2D eigenvalue weighted by molar-refractivity contribution is -0.137. The van der Waals surface area contributed by atoms with Crippen LogP contribution in [0.1, 0.15) is 24.0 Å². The fraction of sp³-hybridized carbons (Fsp3) is 0.286. The second-order valence-corrected chi connectivity index (χ2v) is 7.40. The maximum Gasteiger partial charge on any atom is 0.245 e. The van der Waals surface area contributed by atoms with Gasteiger partial charge in [-0.15, -0.1) is 0 Å². The summed E-state index contributed by atoms with van der Waals surface area (Å²) in [4.78, 5) is 43.4. The van der Waals surface area contributed by atoms with Crippen molar-refractivity contribution >= 4 is 29.0 Å². The van der Waals surface area contributed by atoms with Crippen molar-refractivity contribution in [3.8, 4) is 0 Å². The molecule has 130 valence electrons. The highest BCUT2D eigenvalue weighted by Crippen LogP contribution is 2.58. The van der Waals surface area contributed by atoms with Gasteiger partial charge in [0, 0.05) is 25.5 Å². The molecule has 0 aromatic heterocycles. The highest BCUT2D eigenvalue weighted by atomic mass is 16.2. The monoisotopic (exact) mass is 346 g/mol. The van der Waals surface area contributed by atoms with Gasteiger partial charge in [-0.2, -0.15) is 0 Å². The van der Waals surface area contributed by atoms with Gasteiger partial charge >= 0.3 is 0 Å². The topological polar surface area (TPSA) is 57.7 Å². The predicted octanol–water partition coefficient (Wildman–Crippen LogP) is 2.18. The van der Waals surface area contributed by atoms with E-state index in [1.165, 1.54) is 0 Å². The minimum atomic E-state index is -1.25. The number of hydrogen-bond donors (Lipinski definition) is 0. The van der Waals surface area contributed by atoms with Gasteiger partial charge in [-0.3, -0.25) is 14.4 Å². The zero-order valence-corrected chi connectivity index (χ0v) is 14.7. The summed E-state index contributed by atoms with van der Waals surface area (Å²) in [6.45, 7) is 0. The number of Topliss-reactive ketones (excluding diaryl/α,β-unsaturated/α-hetero) is 1. The van der Waals surface area contributed by atoms with E-state index in [1.54, 1.807) is 23.9 Å². The van der Waals surface area contributed by atoms with E-state index in [1.807, 2.05) is 48.5 Å². The van der Waals surface area contributed by atoms with E-state index in [0.29, 0.717) is 12.8 Å². The average Bonchev–Trinajstić information content (AvgIpc) is 3.19. The fourth-order valence-electron chi connectivity index (χ4n) is 5.16. The van der Waals surface area contributed by atoms with E-state index in [2.05, 4.69) is 0 Å². The van der Waals surface area contributed by atoms with E-state index in [0.717, 1.165) is 22.5 Å². The van der Waals surface area contributed by atoms with E-state index in [4.69, 9.17) is 0 Å². The van der Waals surface area contributed by atoms with Crippen LogP contribution in [0.2, 0.25) is 0 Å². The molecule has 0 saturated heterocycles. The first-order valence-electron chi connectivity index (χ1n) is 8.76. The molecule has 5 heteroatoms. The van der Waals surface area contributed by atoms with Gasteiger partial charge in [0.25, 0.3) is 0 Å². The minimum Gasteiger partial charge on any atom is -0.314 e. The maximum absolute atomic E-state index is 13.9. The molecule has 0 bridgehead atoms. The van der Waals surface area contributed by atoms with Gasteiger partial charge in [0.1, 0.15) is 10.8 Å². The minimum absolute atomic E-state index is 0.222. The van der Waals surface area contributed by atoms with E-state index < -0.39 is 10.8 Å². The molecule has 26 heavy (non-hydrogen) atoms. The van der Waals surface area contributed by atoms with Crippen molar-refractivity contribution < 1.29 is 14.4 Å². The first-order chi connectivity index (χ1) is 12.5. The molecule has 2 atom stereocenters. The van der Waals surface area contributed by atoms with Crippen molar-refractivity contribution in [2.24, 2.45) is 0 Å². The second kappa shape index (κ2) is 4.61. The summed E-state index contributed by atoms with van der Waals surface area (Å²) >= 11 is 0. The lowest BCUT2D eigenvalue weighted by Gasteiger charge is -2.25. The van der Waals surface area contributed by atoms with Gasteiger partial charge in [-0.1, -0.05) is 36.4 Å². The van der Waals surface area contributed by atoms with E-state index in [9.17, 15) is 14.4 Å². The van der Waals surface area contributed by atoms with Gasteiger partial charge < -0.3 is 9.80 Å². The van der Waals surface area contributed by atoms with Gasteiger partial charge in [0.15, 0.2) is 5.78 Å². The number of hydrogen-bond acceptors (Lipinski definition) is 3. The normalized spacial score (nSPS) is 29.2. The number of rotatable bonds is 0. The number of anilines is 2. The summed E-state index contributed by atoms with van der Waals surface area (Å²) in [6, 6.07) is 14.8. The molecule has 0 radical (unpaired) electrons. The SMILES string of the molecule is CN1C(=O)[C@@]2(CC[C@@]3(C(=O)N(C)c4ccccc43)C2=O)c2ccccc21. The summed E-state index contributed by atoms with van der Waals surface area (Å²) in [5.41, 5.74) is 0.479. The molecule has 2 aliphatic heterocycles. The zero-order valence-electron chi connectivity index (χ0n) is 14.7. The highest BCUT2D eigenvalue weighted by molar-refractivity contribution is 6.34. The van der Waals surface area contributed by atoms with Crippen LogP contribution in [-0.4, -0.2) is 31.7 Å². The summed E-state index contributed by atoms with van der Waals surface area (Å²) < 4.78 is 0. The molecule has 1 fully saturated rings. The molecule has 2 amide bonds. The Kier molecular flexibility index (Phi) is 2.71. The third kappa shape index (κ3) is 1.39. The molecule has 2 aromatic carbocycles. The van der Waals surface area contributed by atoms with Crippen molar-refractivity contribution in [2.75, 3.05) is 23.9 Å². The Morgan fingerprint density at radius 2 is 1.08 bits per heavy atom. The predicted molar refractivity (Wildman–Crippen MR) is 97.3 cm³/mol. The lowest BCUT2D eigenvalue weighted by Crippen LogP contribution is -2.50. The Labute approximate surface area is 151 Å². The molecule has 2 spiro atoms. The number of carbonyl (C=O) groups is 3.